The first-order chi connectivity index (χ1) is 9.04. The summed E-state index contributed by atoms with van der Waals surface area (Å²) in [4.78, 5) is 24.3. The SMILES string of the molecule is CCn1nc(C(=O)NC(C)C)c2ccccc2c1=O. The Balaban J connectivity index is 2.69. The van der Waals surface area contributed by atoms with Gasteiger partial charge in [-0.3, -0.25) is 9.59 Å². The summed E-state index contributed by atoms with van der Waals surface area (Å²) in [6, 6.07) is 7.08. The van der Waals surface area contributed by atoms with Gasteiger partial charge in [-0.15, -0.1) is 0 Å². The highest BCUT2D eigenvalue weighted by molar-refractivity contribution is 6.04. The van der Waals surface area contributed by atoms with Crippen LogP contribution in [0.15, 0.2) is 29.1 Å². The second kappa shape index (κ2) is 5.22. The largest absolute Gasteiger partial charge is 0.348 e. The molecule has 0 unspecified atom stereocenters. The number of benzene rings is 1. The van der Waals surface area contributed by atoms with Gasteiger partial charge >= 0.3 is 0 Å². The average molecular weight is 259 g/mol. The second-order valence-electron chi connectivity index (χ2n) is 4.64. The quantitative estimate of drug-likeness (QED) is 0.909. The predicted molar refractivity (Wildman–Crippen MR) is 74.3 cm³/mol. The van der Waals surface area contributed by atoms with Crippen molar-refractivity contribution in [2.24, 2.45) is 0 Å². The number of aromatic nitrogens is 2. The first-order valence-corrected chi connectivity index (χ1v) is 6.35. The van der Waals surface area contributed by atoms with Gasteiger partial charge in [-0.25, -0.2) is 4.68 Å². The van der Waals surface area contributed by atoms with Gasteiger partial charge in [0.15, 0.2) is 5.69 Å². The summed E-state index contributed by atoms with van der Waals surface area (Å²) in [6.07, 6.45) is 0. The summed E-state index contributed by atoms with van der Waals surface area (Å²) in [7, 11) is 0. The molecule has 2 aromatic rings. The number of rotatable bonds is 3. The molecule has 0 atom stereocenters. The molecular weight excluding hydrogens is 242 g/mol. The Morgan fingerprint density at radius 2 is 1.95 bits per heavy atom. The standard InChI is InChI=1S/C14H17N3O2/c1-4-17-14(19)11-8-6-5-7-10(11)12(16-17)13(18)15-9(2)3/h5-9H,4H2,1-3H3,(H,15,18). The van der Waals surface area contributed by atoms with Crippen molar-refractivity contribution in [2.75, 3.05) is 0 Å². The number of hydrogen-bond acceptors (Lipinski definition) is 3. The highest BCUT2D eigenvalue weighted by Gasteiger charge is 2.16. The maximum absolute atomic E-state index is 12.2. The molecule has 1 N–H and O–H groups in total. The third-order valence-corrected chi connectivity index (χ3v) is 2.80. The van der Waals surface area contributed by atoms with Crippen molar-refractivity contribution in [3.8, 4) is 0 Å². The molecule has 1 amide bonds. The Kier molecular flexibility index (Phi) is 3.64. The summed E-state index contributed by atoms with van der Waals surface area (Å²) >= 11 is 0. The molecule has 5 nitrogen and oxygen atoms in total. The fourth-order valence-electron chi connectivity index (χ4n) is 1.95. The first kappa shape index (κ1) is 13.3. The number of hydrogen-bond donors (Lipinski definition) is 1. The van der Waals surface area contributed by atoms with Crippen molar-refractivity contribution < 1.29 is 4.79 Å². The van der Waals surface area contributed by atoms with Crippen LogP contribution in [-0.2, 0) is 6.54 Å². The molecule has 0 aliphatic heterocycles. The zero-order valence-corrected chi connectivity index (χ0v) is 11.3. The summed E-state index contributed by atoms with van der Waals surface area (Å²) in [5, 5.41) is 8.08. The molecule has 0 aliphatic rings. The molecule has 0 fully saturated rings. The van der Waals surface area contributed by atoms with Gasteiger partial charge in [-0.1, -0.05) is 18.2 Å². The van der Waals surface area contributed by atoms with Gasteiger partial charge in [0.2, 0.25) is 0 Å². The molecule has 5 heteroatoms. The number of amides is 1. The molecule has 0 radical (unpaired) electrons. The lowest BCUT2D eigenvalue weighted by Gasteiger charge is -2.11. The summed E-state index contributed by atoms with van der Waals surface area (Å²) in [5.74, 6) is -0.256. The molecule has 0 saturated heterocycles. The van der Waals surface area contributed by atoms with Crippen molar-refractivity contribution in [1.82, 2.24) is 15.1 Å². The number of nitrogens with zero attached hydrogens (tertiary/aromatic N) is 2. The van der Waals surface area contributed by atoms with Crippen LogP contribution in [0.4, 0.5) is 0 Å². The molecule has 1 aromatic carbocycles. The highest BCUT2D eigenvalue weighted by atomic mass is 16.2. The third kappa shape index (κ3) is 2.50. The van der Waals surface area contributed by atoms with E-state index in [-0.39, 0.29) is 17.5 Å². The number of fused-ring (bicyclic) bond motifs is 1. The van der Waals surface area contributed by atoms with E-state index in [4.69, 9.17) is 0 Å². The Morgan fingerprint density at radius 1 is 1.32 bits per heavy atom. The van der Waals surface area contributed by atoms with Crippen LogP contribution in [0.3, 0.4) is 0 Å². The summed E-state index contributed by atoms with van der Waals surface area (Å²) in [5.41, 5.74) is 0.130. The van der Waals surface area contributed by atoms with Crippen LogP contribution in [0.2, 0.25) is 0 Å². The van der Waals surface area contributed by atoms with Crippen molar-refractivity contribution in [2.45, 2.75) is 33.4 Å². The first-order valence-electron chi connectivity index (χ1n) is 6.35. The maximum Gasteiger partial charge on any atom is 0.274 e. The van der Waals surface area contributed by atoms with Crippen molar-refractivity contribution >= 4 is 16.7 Å². The van der Waals surface area contributed by atoms with E-state index in [0.29, 0.717) is 23.0 Å². The number of carbonyl (C=O) groups is 1. The van der Waals surface area contributed by atoms with Crippen LogP contribution in [-0.4, -0.2) is 21.7 Å². The van der Waals surface area contributed by atoms with Crippen molar-refractivity contribution in [3.05, 3.63) is 40.3 Å². The lowest BCUT2D eigenvalue weighted by molar-refractivity contribution is 0.0937. The smallest absolute Gasteiger partial charge is 0.274 e. The lowest BCUT2D eigenvalue weighted by Crippen LogP contribution is -2.34. The van der Waals surface area contributed by atoms with Crippen LogP contribution in [0.25, 0.3) is 10.8 Å². The normalized spacial score (nSPS) is 10.9. The van der Waals surface area contributed by atoms with E-state index in [9.17, 15) is 9.59 Å². The van der Waals surface area contributed by atoms with Gasteiger partial charge in [0.25, 0.3) is 11.5 Å². The number of nitrogens with one attached hydrogen (secondary N) is 1. The molecule has 0 spiro atoms. The van der Waals surface area contributed by atoms with Crippen LogP contribution >= 0.6 is 0 Å². The molecule has 1 aromatic heterocycles. The Bertz CT molecular complexity index is 674. The van der Waals surface area contributed by atoms with Gasteiger partial charge in [0, 0.05) is 18.0 Å². The zero-order valence-electron chi connectivity index (χ0n) is 11.3. The predicted octanol–water partition coefficient (Wildman–Crippen LogP) is 1.55. The van der Waals surface area contributed by atoms with Crippen molar-refractivity contribution in [3.63, 3.8) is 0 Å². The summed E-state index contributed by atoms with van der Waals surface area (Å²) in [6.45, 7) is 6.03. The van der Waals surface area contributed by atoms with Gasteiger partial charge < -0.3 is 5.32 Å². The van der Waals surface area contributed by atoms with E-state index in [1.54, 1.807) is 24.3 Å². The molecular formula is C14H17N3O2. The number of carbonyl (C=O) groups excluding carboxylic acids is 1. The van der Waals surface area contributed by atoms with E-state index in [0.717, 1.165) is 0 Å². The molecule has 2 rings (SSSR count). The maximum atomic E-state index is 12.2. The monoisotopic (exact) mass is 259 g/mol. The average Bonchev–Trinajstić information content (AvgIpc) is 2.38. The number of aryl methyl sites for hydroxylation is 1. The van der Waals surface area contributed by atoms with Crippen LogP contribution in [0, 0.1) is 0 Å². The van der Waals surface area contributed by atoms with E-state index in [2.05, 4.69) is 10.4 Å². The van der Waals surface area contributed by atoms with E-state index in [1.807, 2.05) is 20.8 Å². The zero-order chi connectivity index (χ0) is 14.0. The second-order valence-corrected chi connectivity index (χ2v) is 4.64. The molecule has 1 heterocycles. The highest BCUT2D eigenvalue weighted by Crippen LogP contribution is 2.13. The molecule has 0 saturated carbocycles. The van der Waals surface area contributed by atoms with Gasteiger partial charge in [-0.2, -0.15) is 5.10 Å². The molecule has 100 valence electrons. The van der Waals surface area contributed by atoms with Crippen LogP contribution in [0.1, 0.15) is 31.3 Å². The minimum absolute atomic E-state index is 0.0232. The van der Waals surface area contributed by atoms with Crippen molar-refractivity contribution in [1.29, 1.82) is 0 Å². The van der Waals surface area contributed by atoms with Gasteiger partial charge in [0.1, 0.15) is 0 Å². The van der Waals surface area contributed by atoms with Gasteiger partial charge in [-0.05, 0) is 26.8 Å². The Morgan fingerprint density at radius 3 is 2.53 bits per heavy atom. The minimum atomic E-state index is -0.256. The molecule has 0 bridgehead atoms. The Labute approximate surface area is 111 Å². The minimum Gasteiger partial charge on any atom is -0.348 e. The third-order valence-electron chi connectivity index (χ3n) is 2.80. The topological polar surface area (TPSA) is 64.0 Å². The fraction of sp³-hybridized carbons (Fsp3) is 0.357. The van der Waals surface area contributed by atoms with Crippen LogP contribution in [0.5, 0.6) is 0 Å². The van der Waals surface area contributed by atoms with E-state index < -0.39 is 0 Å². The molecule has 19 heavy (non-hydrogen) atoms. The van der Waals surface area contributed by atoms with Crippen LogP contribution < -0.4 is 10.9 Å². The van der Waals surface area contributed by atoms with Gasteiger partial charge in [0.05, 0.1) is 5.39 Å². The van der Waals surface area contributed by atoms with E-state index >= 15 is 0 Å². The fourth-order valence-corrected chi connectivity index (χ4v) is 1.95. The molecule has 0 aliphatic carbocycles. The summed E-state index contributed by atoms with van der Waals surface area (Å²) < 4.78 is 1.32. The Hall–Kier alpha value is -2.17. The van der Waals surface area contributed by atoms with E-state index in [1.165, 1.54) is 4.68 Å². The lowest BCUT2D eigenvalue weighted by atomic mass is 10.1.